The van der Waals surface area contributed by atoms with Crippen molar-refractivity contribution in [1.82, 2.24) is 4.90 Å². The molecule has 26 heavy (non-hydrogen) atoms. The minimum absolute atomic E-state index is 0.0494. The zero-order chi connectivity index (χ0) is 18.7. The second kappa shape index (κ2) is 5.72. The largest absolute Gasteiger partial charge is 0.504 e. The SMILES string of the molecule is COc1ccc2c(c1O)[C@@]13CCN(C)C(C2)C1(O)CC=C(OC(C)=O)C3. The minimum Gasteiger partial charge on any atom is -0.504 e. The molecule has 1 aromatic carbocycles. The molecular weight excluding hydrogens is 334 g/mol. The number of aliphatic hydroxyl groups is 1. The van der Waals surface area contributed by atoms with Crippen LogP contribution in [-0.2, 0) is 21.4 Å². The number of carbonyl (C=O) groups is 1. The third-order valence-corrected chi connectivity index (χ3v) is 6.53. The van der Waals surface area contributed by atoms with Crippen molar-refractivity contribution in [2.45, 2.75) is 49.7 Å². The van der Waals surface area contributed by atoms with Gasteiger partial charge in [0.2, 0.25) is 0 Å². The molecule has 6 heteroatoms. The molecule has 0 spiro atoms. The summed E-state index contributed by atoms with van der Waals surface area (Å²) in [6.45, 7) is 2.18. The molecule has 0 radical (unpaired) electrons. The number of piperidine rings is 1. The zero-order valence-electron chi connectivity index (χ0n) is 15.4. The van der Waals surface area contributed by atoms with Gasteiger partial charge in [-0.15, -0.1) is 0 Å². The van der Waals surface area contributed by atoms with E-state index >= 15 is 0 Å². The number of methoxy groups -OCH3 is 1. The molecule has 2 bridgehead atoms. The smallest absolute Gasteiger partial charge is 0.307 e. The van der Waals surface area contributed by atoms with E-state index in [1.807, 2.05) is 19.2 Å². The van der Waals surface area contributed by atoms with Crippen molar-refractivity contribution in [3.63, 3.8) is 0 Å². The number of allylic oxidation sites excluding steroid dienone is 1. The number of esters is 1. The van der Waals surface area contributed by atoms with Crippen LogP contribution in [0.15, 0.2) is 24.0 Å². The second-order valence-electron chi connectivity index (χ2n) is 7.75. The van der Waals surface area contributed by atoms with Gasteiger partial charge < -0.3 is 24.6 Å². The molecule has 1 aliphatic heterocycles. The topological polar surface area (TPSA) is 79.2 Å². The Balaban J connectivity index is 1.94. The lowest BCUT2D eigenvalue weighted by Gasteiger charge is -2.62. The number of rotatable bonds is 2. The lowest BCUT2D eigenvalue weighted by atomic mass is 9.50. The van der Waals surface area contributed by atoms with Gasteiger partial charge in [-0.1, -0.05) is 6.07 Å². The molecule has 1 heterocycles. The van der Waals surface area contributed by atoms with Crippen LogP contribution >= 0.6 is 0 Å². The number of benzene rings is 1. The van der Waals surface area contributed by atoms with Gasteiger partial charge in [-0.05, 0) is 44.1 Å². The van der Waals surface area contributed by atoms with E-state index in [1.54, 1.807) is 6.07 Å². The first-order chi connectivity index (χ1) is 12.3. The molecule has 140 valence electrons. The van der Waals surface area contributed by atoms with E-state index in [9.17, 15) is 15.0 Å². The molecule has 1 saturated heterocycles. The summed E-state index contributed by atoms with van der Waals surface area (Å²) in [7, 11) is 3.56. The summed E-state index contributed by atoms with van der Waals surface area (Å²) in [5, 5.41) is 22.8. The highest BCUT2D eigenvalue weighted by molar-refractivity contribution is 5.67. The average Bonchev–Trinajstić information content (AvgIpc) is 2.58. The Morgan fingerprint density at radius 2 is 2.15 bits per heavy atom. The summed E-state index contributed by atoms with van der Waals surface area (Å²) >= 11 is 0. The molecule has 4 rings (SSSR count). The van der Waals surface area contributed by atoms with E-state index in [1.165, 1.54) is 14.0 Å². The van der Waals surface area contributed by atoms with E-state index in [-0.39, 0.29) is 17.8 Å². The van der Waals surface area contributed by atoms with Crippen molar-refractivity contribution < 1.29 is 24.5 Å². The van der Waals surface area contributed by atoms with Crippen LogP contribution in [0.3, 0.4) is 0 Å². The van der Waals surface area contributed by atoms with Crippen LogP contribution in [0.5, 0.6) is 11.5 Å². The quantitative estimate of drug-likeness (QED) is 0.785. The van der Waals surface area contributed by atoms with Gasteiger partial charge in [-0.25, -0.2) is 0 Å². The van der Waals surface area contributed by atoms with Crippen LogP contribution in [-0.4, -0.2) is 53.4 Å². The fourth-order valence-corrected chi connectivity index (χ4v) is 5.34. The van der Waals surface area contributed by atoms with Gasteiger partial charge in [0, 0.05) is 36.8 Å². The summed E-state index contributed by atoms with van der Waals surface area (Å²) in [4.78, 5) is 13.7. The van der Waals surface area contributed by atoms with E-state index in [2.05, 4.69) is 4.90 Å². The molecule has 0 amide bonds. The van der Waals surface area contributed by atoms with Gasteiger partial charge in [-0.3, -0.25) is 4.79 Å². The van der Waals surface area contributed by atoms with Crippen molar-refractivity contribution in [3.05, 3.63) is 35.1 Å². The fourth-order valence-electron chi connectivity index (χ4n) is 5.34. The number of phenols is 1. The molecule has 3 atom stereocenters. The molecule has 1 aromatic rings. The Morgan fingerprint density at radius 1 is 1.38 bits per heavy atom. The monoisotopic (exact) mass is 359 g/mol. The van der Waals surface area contributed by atoms with Crippen molar-refractivity contribution in [2.75, 3.05) is 20.7 Å². The Bertz CT molecular complexity index is 804. The Kier molecular flexibility index (Phi) is 3.82. The normalized spacial score (nSPS) is 32.9. The molecular formula is C20H25NO5. The molecule has 2 N–H and O–H groups in total. The number of fused-ring (bicyclic) bond motifs is 1. The zero-order valence-corrected chi connectivity index (χ0v) is 15.4. The molecule has 1 fully saturated rings. The van der Waals surface area contributed by atoms with E-state index < -0.39 is 11.0 Å². The molecule has 3 aliphatic rings. The van der Waals surface area contributed by atoms with E-state index in [4.69, 9.17) is 9.47 Å². The van der Waals surface area contributed by atoms with Gasteiger partial charge in [0.25, 0.3) is 0 Å². The van der Waals surface area contributed by atoms with Crippen molar-refractivity contribution in [1.29, 1.82) is 0 Å². The van der Waals surface area contributed by atoms with Crippen LogP contribution in [0.25, 0.3) is 0 Å². The van der Waals surface area contributed by atoms with Crippen LogP contribution in [0.1, 0.15) is 37.3 Å². The molecule has 2 unspecified atom stereocenters. The number of carbonyl (C=O) groups excluding carboxylic acids is 1. The Morgan fingerprint density at radius 3 is 2.85 bits per heavy atom. The number of likely N-dealkylation sites (tertiary alicyclic amines) is 1. The number of ether oxygens (including phenoxy) is 2. The highest BCUT2D eigenvalue weighted by Crippen LogP contribution is 2.60. The van der Waals surface area contributed by atoms with Crippen LogP contribution in [0.2, 0.25) is 0 Å². The number of likely N-dealkylation sites (N-methyl/N-ethyl adjacent to an activating group) is 1. The highest BCUT2D eigenvalue weighted by Gasteiger charge is 2.64. The Hall–Kier alpha value is -2.05. The molecule has 0 saturated carbocycles. The summed E-state index contributed by atoms with van der Waals surface area (Å²) < 4.78 is 10.7. The number of hydrogen-bond acceptors (Lipinski definition) is 6. The third kappa shape index (κ3) is 2.15. The Labute approximate surface area is 153 Å². The number of phenolic OH excluding ortho intramolecular Hbond substituents is 1. The number of aromatic hydroxyl groups is 1. The lowest BCUT2D eigenvalue weighted by Crippen LogP contribution is -2.71. The minimum atomic E-state index is -1.03. The first-order valence-electron chi connectivity index (χ1n) is 9.02. The van der Waals surface area contributed by atoms with E-state index in [0.29, 0.717) is 37.2 Å². The highest BCUT2D eigenvalue weighted by atomic mass is 16.5. The molecule has 6 nitrogen and oxygen atoms in total. The number of hydrogen-bond donors (Lipinski definition) is 2. The van der Waals surface area contributed by atoms with Crippen molar-refractivity contribution >= 4 is 5.97 Å². The summed E-state index contributed by atoms with van der Waals surface area (Å²) in [6, 6.07) is 3.70. The van der Waals surface area contributed by atoms with Gasteiger partial charge >= 0.3 is 5.97 Å². The molecule has 0 aromatic heterocycles. The number of nitrogens with zero attached hydrogens (tertiary/aromatic N) is 1. The van der Waals surface area contributed by atoms with Gasteiger partial charge in [0.15, 0.2) is 11.5 Å². The first-order valence-corrected chi connectivity index (χ1v) is 9.02. The van der Waals surface area contributed by atoms with Crippen LogP contribution in [0.4, 0.5) is 0 Å². The summed E-state index contributed by atoms with van der Waals surface area (Å²) in [5.74, 6) is 0.700. The van der Waals surface area contributed by atoms with Crippen LogP contribution < -0.4 is 4.74 Å². The van der Waals surface area contributed by atoms with Gasteiger partial charge in [-0.2, -0.15) is 0 Å². The third-order valence-electron chi connectivity index (χ3n) is 6.53. The lowest BCUT2D eigenvalue weighted by molar-refractivity contribution is -0.153. The standard InChI is InChI=1S/C20H25NO5/c1-12(22)26-14-6-7-20(24)16-10-13-4-5-15(25-3)18(23)17(13)19(20,11-14)8-9-21(16)2/h4-6,16,23-24H,7-11H2,1-3H3/t16?,19-,20?/m0/s1. The second-order valence-corrected chi connectivity index (χ2v) is 7.75. The maximum atomic E-state index is 11.8. The van der Waals surface area contributed by atoms with E-state index in [0.717, 1.165) is 17.7 Å². The fraction of sp³-hybridized carbons (Fsp3) is 0.550. The summed E-state index contributed by atoms with van der Waals surface area (Å²) in [5.41, 5.74) is 0.0474. The van der Waals surface area contributed by atoms with Gasteiger partial charge in [0.05, 0.1) is 12.7 Å². The maximum absolute atomic E-state index is 11.8. The summed E-state index contributed by atoms with van der Waals surface area (Å²) in [6.07, 6.45) is 3.94. The van der Waals surface area contributed by atoms with Gasteiger partial charge in [0.1, 0.15) is 5.76 Å². The predicted molar refractivity (Wildman–Crippen MR) is 95.1 cm³/mol. The van der Waals surface area contributed by atoms with Crippen molar-refractivity contribution in [3.8, 4) is 11.5 Å². The molecule has 2 aliphatic carbocycles. The van der Waals surface area contributed by atoms with Crippen molar-refractivity contribution in [2.24, 2.45) is 0 Å². The van der Waals surface area contributed by atoms with Crippen LogP contribution in [0, 0.1) is 0 Å². The first kappa shape index (κ1) is 17.4. The average molecular weight is 359 g/mol. The maximum Gasteiger partial charge on any atom is 0.307 e. The predicted octanol–water partition coefficient (Wildman–Crippen LogP) is 1.87.